The van der Waals surface area contributed by atoms with Crippen molar-refractivity contribution in [3.8, 4) is 5.75 Å². The van der Waals surface area contributed by atoms with E-state index < -0.39 is 5.60 Å². The lowest BCUT2D eigenvalue weighted by molar-refractivity contribution is -0.122. The summed E-state index contributed by atoms with van der Waals surface area (Å²) in [6, 6.07) is 8.29. The van der Waals surface area contributed by atoms with Crippen molar-refractivity contribution in [3.05, 3.63) is 30.5 Å². The van der Waals surface area contributed by atoms with Crippen molar-refractivity contribution >= 4 is 39.4 Å². The van der Waals surface area contributed by atoms with E-state index in [0.29, 0.717) is 13.0 Å². The average Bonchev–Trinajstić information content (AvgIpc) is 3.68. The van der Waals surface area contributed by atoms with Crippen LogP contribution >= 0.6 is 11.8 Å². The van der Waals surface area contributed by atoms with E-state index in [0.717, 1.165) is 111 Å². The highest BCUT2D eigenvalue weighted by molar-refractivity contribution is 8.14. The van der Waals surface area contributed by atoms with Crippen LogP contribution in [0.25, 0.3) is 10.9 Å². The maximum Gasteiger partial charge on any atom is 0.221 e. The van der Waals surface area contributed by atoms with E-state index >= 15 is 0 Å². The second-order valence-electron chi connectivity index (χ2n) is 13.0. The number of amidine groups is 1. The summed E-state index contributed by atoms with van der Waals surface area (Å²) < 4.78 is 5.82. The Morgan fingerprint density at radius 2 is 1.89 bits per heavy atom. The van der Waals surface area contributed by atoms with Gasteiger partial charge in [0.15, 0.2) is 5.17 Å². The number of anilines is 1. The number of pyridine rings is 1. The van der Waals surface area contributed by atoms with Gasteiger partial charge in [-0.3, -0.25) is 19.7 Å². The molecule has 44 heavy (non-hydrogen) atoms. The number of rotatable bonds is 9. The van der Waals surface area contributed by atoms with Gasteiger partial charge >= 0.3 is 0 Å². The molecule has 4 aliphatic rings. The summed E-state index contributed by atoms with van der Waals surface area (Å²) >= 11 is 1.81. The summed E-state index contributed by atoms with van der Waals surface area (Å²) in [6.45, 7) is 11.0. The van der Waals surface area contributed by atoms with E-state index in [1.54, 1.807) is 7.11 Å². The highest BCUT2D eigenvalue weighted by Crippen LogP contribution is 2.36. The number of aliphatic imine (C=N–C) groups is 1. The number of carbonyl (C=O) groups excluding carboxylic acids is 1. The first-order valence-electron chi connectivity index (χ1n) is 16.5. The summed E-state index contributed by atoms with van der Waals surface area (Å²) in [7, 11) is 1.73. The van der Waals surface area contributed by atoms with Gasteiger partial charge in [-0.2, -0.15) is 0 Å². The highest BCUT2D eigenvalue weighted by atomic mass is 32.2. The molecule has 1 aromatic heterocycles. The van der Waals surface area contributed by atoms with Gasteiger partial charge in [-0.15, -0.1) is 0 Å². The average molecular weight is 624 g/mol. The number of ether oxygens (including phenoxy) is 1. The fraction of sp³-hybridized carbons (Fsp3) is 0.667. The summed E-state index contributed by atoms with van der Waals surface area (Å²) in [4.78, 5) is 33.1. The third-order valence-electron chi connectivity index (χ3n) is 9.80. The lowest BCUT2D eigenvalue weighted by atomic mass is 9.94. The number of piperidine rings is 1. The smallest absolute Gasteiger partial charge is 0.221 e. The third kappa shape index (κ3) is 7.43. The minimum absolute atomic E-state index is 0.0344. The molecule has 11 heteroatoms. The van der Waals surface area contributed by atoms with Crippen molar-refractivity contribution in [2.75, 3.05) is 83.2 Å². The second kappa shape index (κ2) is 14.2. The molecule has 5 heterocycles. The highest BCUT2D eigenvalue weighted by Gasteiger charge is 2.37. The Hall–Kier alpha value is -2.60. The maximum atomic E-state index is 13.4. The van der Waals surface area contributed by atoms with E-state index in [2.05, 4.69) is 37.0 Å². The van der Waals surface area contributed by atoms with Gasteiger partial charge in [0.05, 0.1) is 24.3 Å². The Labute approximate surface area is 266 Å². The molecular weight excluding hydrogens is 574 g/mol. The van der Waals surface area contributed by atoms with Crippen LogP contribution in [0.5, 0.6) is 5.75 Å². The number of amides is 1. The number of hydrogen-bond donors (Lipinski definition) is 2. The van der Waals surface area contributed by atoms with Gasteiger partial charge in [0.2, 0.25) is 5.91 Å². The molecule has 4 aliphatic heterocycles. The van der Waals surface area contributed by atoms with E-state index in [1.807, 2.05) is 37.0 Å². The molecule has 6 rings (SSSR count). The first-order valence-corrected chi connectivity index (χ1v) is 17.5. The Morgan fingerprint density at radius 1 is 1.07 bits per heavy atom. The Balaban J connectivity index is 1.17. The normalized spacial score (nSPS) is 23.9. The van der Waals surface area contributed by atoms with Gasteiger partial charge in [0.25, 0.3) is 0 Å². The predicted molar refractivity (Wildman–Crippen MR) is 179 cm³/mol. The largest absolute Gasteiger partial charge is 0.494 e. The lowest BCUT2D eigenvalue weighted by Gasteiger charge is -2.36. The van der Waals surface area contributed by atoms with Gasteiger partial charge in [0.1, 0.15) is 11.4 Å². The quantitative estimate of drug-likeness (QED) is 0.437. The summed E-state index contributed by atoms with van der Waals surface area (Å²) in [5.41, 5.74) is 1.44. The molecule has 10 nitrogen and oxygen atoms in total. The maximum absolute atomic E-state index is 13.4. The van der Waals surface area contributed by atoms with Crippen LogP contribution in [0, 0.1) is 0 Å². The molecular formula is C33H49N7O3S. The fourth-order valence-corrected chi connectivity index (χ4v) is 8.32. The zero-order valence-corrected chi connectivity index (χ0v) is 27.2. The molecule has 2 aromatic rings. The zero-order chi connectivity index (χ0) is 30.5. The molecule has 1 amide bonds. The van der Waals surface area contributed by atoms with Gasteiger partial charge in [-0.05, 0) is 70.3 Å². The van der Waals surface area contributed by atoms with Crippen LogP contribution in [0.4, 0.5) is 5.69 Å². The number of likely N-dealkylation sites (tertiary alicyclic amines) is 2. The molecule has 0 bridgehead atoms. The summed E-state index contributed by atoms with van der Waals surface area (Å²) in [6.07, 6.45) is 7.33. The predicted octanol–water partition coefficient (Wildman–Crippen LogP) is 3.04. The third-order valence-corrected chi connectivity index (χ3v) is 10.9. The number of thioether (sulfide) groups is 1. The number of methoxy groups -OCH3 is 1. The topological polar surface area (TPSA) is 96.8 Å². The van der Waals surface area contributed by atoms with E-state index in [-0.39, 0.29) is 18.0 Å². The molecule has 0 saturated carbocycles. The van der Waals surface area contributed by atoms with Crippen LogP contribution < -0.4 is 15.0 Å². The molecule has 2 N–H and O–H groups in total. The summed E-state index contributed by atoms with van der Waals surface area (Å²) in [5.74, 6) is 1.85. The Kier molecular flexibility index (Phi) is 10.1. The van der Waals surface area contributed by atoms with Crippen molar-refractivity contribution < 1.29 is 14.6 Å². The van der Waals surface area contributed by atoms with Crippen molar-refractivity contribution in [1.82, 2.24) is 25.0 Å². The number of fused-ring (bicyclic) bond motifs is 1. The monoisotopic (exact) mass is 623 g/mol. The number of nitrogens with one attached hydrogen (secondary N) is 1. The van der Waals surface area contributed by atoms with Crippen molar-refractivity contribution in [2.24, 2.45) is 4.99 Å². The molecule has 240 valence electrons. The molecule has 2 unspecified atom stereocenters. The van der Waals surface area contributed by atoms with Crippen LogP contribution in [-0.2, 0) is 4.79 Å². The van der Waals surface area contributed by atoms with Crippen molar-refractivity contribution in [1.29, 1.82) is 0 Å². The van der Waals surface area contributed by atoms with Gasteiger partial charge < -0.3 is 29.9 Å². The van der Waals surface area contributed by atoms with E-state index in [9.17, 15) is 9.90 Å². The minimum atomic E-state index is -0.588. The molecule has 0 aliphatic carbocycles. The molecule has 1 aromatic carbocycles. The Morgan fingerprint density at radius 3 is 2.68 bits per heavy atom. The molecule has 2 atom stereocenters. The fourth-order valence-electron chi connectivity index (χ4n) is 7.13. The van der Waals surface area contributed by atoms with Crippen LogP contribution in [0.1, 0.15) is 45.4 Å². The number of nitrogens with zero attached hydrogens (tertiary/aromatic N) is 6. The minimum Gasteiger partial charge on any atom is -0.494 e. The first kappa shape index (κ1) is 31.4. The van der Waals surface area contributed by atoms with E-state index in [4.69, 9.17) is 14.7 Å². The van der Waals surface area contributed by atoms with Crippen LogP contribution in [0.3, 0.4) is 0 Å². The second-order valence-corrected chi connectivity index (χ2v) is 14.0. The van der Waals surface area contributed by atoms with Gasteiger partial charge in [-0.1, -0.05) is 17.8 Å². The molecule has 0 spiro atoms. The zero-order valence-electron chi connectivity index (χ0n) is 26.4. The molecule has 3 fully saturated rings. The summed E-state index contributed by atoms with van der Waals surface area (Å²) in [5, 5.41) is 15.9. The standard InChI is InChI=1S/C33H49N7O3S/c1-33(42)10-18-40(19-11-33)32-36-26(24-44-32)27(23-29(41)34-13-20-37-14-3-4-15-37)38-16-6-17-39(22-21-38)31-28(43-2)9-8-25-7-5-12-35-30(25)31/h5,7-9,12,26-27,42H,3-4,6,10-11,13-24H2,1-2H3,(H,34,41). The first-order chi connectivity index (χ1) is 21.4. The SMILES string of the molecule is COc1ccc2cccnc2c1N1CCCN(C(CC(=O)NCCN2CCCC2)C2CSC(N3CCC(C)(O)CC3)=N2)CC1. The number of aliphatic hydroxyl groups is 1. The van der Waals surface area contributed by atoms with Crippen molar-refractivity contribution in [2.45, 2.75) is 63.1 Å². The van der Waals surface area contributed by atoms with E-state index in [1.165, 1.54) is 12.8 Å². The van der Waals surface area contributed by atoms with Gasteiger partial charge in [0, 0.05) is 82.2 Å². The number of benzene rings is 1. The van der Waals surface area contributed by atoms with Gasteiger partial charge in [-0.25, -0.2) is 0 Å². The van der Waals surface area contributed by atoms with Crippen LogP contribution in [0.15, 0.2) is 35.5 Å². The number of carbonyl (C=O) groups is 1. The lowest BCUT2D eigenvalue weighted by Crippen LogP contribution is -2.48. The molecule has 3 saturated heterocycles. The number of hydrogen-bond acceptors (Lipinski definition) is 10. The molecule has 0 radical (unpaired) electrons. The van der Waals surface area contributed by atoms with Crippen LogP contribution in [0.2, 0.25) is 0 Å². The number of aromatic nitrogens is 1. The van der Waals surface area contributed by atoms with Crippen molar-refractivity contribution in [3.63, 3.8) is 0 Å². The Bertz CT molecular complexity index is 1310. The van der Waals surface area contributed by atoms with Crippen LogP contribution in [-0.4, -0.2) is 132 Å².